The molecule has 0 aliphatic heterocycles. The van der Waals surface area contributed by atoms with Crippen molar-refractivity contribution in [3.05, 3.63) is 0 Å². The van der Waals surface area contributed by atoms with E-state index in [4.69, 9.17) is 21.7 Å². The van der Waals surface area contributed by atoms with Crippen molar-refractivity contribution in [2.75, 3.05) is 19.8 Å². The number of aliphatic hydroxyl groups is 2. The number of nitrogens with one attached hydrogen (secondary N) is 2. The molecule has 0 saturated carbocycles. The first-order chi connectivity index (χ1) is 8.51. The van der Waals surface area contributed by atoms with Gasteiger partial charge in [0.25, 0.3) is 0 Å². The lowest BCUT2D eigenvalue weighted by atomic mass is 10.1. The molecule has 8 N–H and O–H groups in total. The van der Waals surface area contributed by atoms with Gasteiger partial charge in [0.15, 0.2) is 0 Å². The van der Waals surface area contributed by atoms with Crippen LogP contribution in [0.25, 0.3) is 0 Å². The lowest BCUT2D eigenvalue weighted by Gasteiger charge is -2.14. The lowest BCUT2D eigenvalue weighted by Crippen LogP contribution is -2.45. The molecule has 8 nitrogen and oxygen atoms in total. The van der Waals surface area contributed by atoms with E-state index >= 15 is 0 Å². The zero-order valence-corrected chi connectivity index (χ0v) is 10.3. The highest BCUT2D eigenvalue weighted by Crippen LogP contribution is 1.97. The van der Waals surface area contributed by atoms with Gasteiger partial charge in [0, 0.05) is 6.54 Å². The third-order valence-corrected chi connectivity index (χ3v) is 2.37. The van der Waals surface area contributed by atoms with Gasteiger partial charge in [0.2, 0.25) is 5.91 Å². The maximum Gasteiger partial charge on any atom is 0.315 e. The molecule has 0 aliphatic rings. The Hall–Kier alpha value is -1.38. The molecule has 0 aromatic heterocycles. The quantitative estimate of drug-likeness (QED) is 0.256. The second kappa shape index (κ2) is 9.63. The first kappa shape index (κ1) is 16.6. The smallest absolute Gasteiger partial charge is 0.315 e. The highest BCUT2D eigenvalue weighted by atomic mass is 16.3. The Kier molecular flexibility index (Phi) is 8.89. The van der Waals surface area contributed by atoms with Gasteiger partial charge < -0.3 is 32.3 Å². The minimum atomic E-state index is -0.659. The molecule has 3 amide bonds. The van der Waals surface area contributed by atoms with Gasteiger partial charge in [-0.2, -0.15) is 0 Å². The molecule has 0 aromatic rings. The Labute approximate surface area is 106 Å². The average molecular weight is 262 g/mol. The van der Waals surface area contributed by atoms with Crippen LogP contribution in [0.5, 0.6) is 0 Å². The maximum absolute atomic E-state index is 11.2. The summed E-state index contributed by atoms with van der Waals surface area (Å²) >= 11 is 0. The number of nitrogens with two attached hydrogens (primary N) is 2. The molecule has 0 aromatic carbocycles. The van der Waals surface area contributed by atoms with Crippen LogP contribution in [0.3, 0.4) is 0 Å². The minimum Gasteiger partial charge on any atom is -0.394 e. The first-order valence-electron chi connectivity index (χ1n) is 5.82. The van der Waals surface area contributed by atoms with Gasteiger partial charge >= 0.3 is 6.03 Å². The average Bonchev–Trinajstić information content (AvgIpc) is 2.35. The second-order valence-corrected chi connectivity index (χ2v) is 3.97. The molecule has 0 aliphatic carbocycles. The Morgan fingerprint density at radius 2 is 1.78 bits per heavy atom. The van der Waals surface area contributed by atoms with E-state index in [1.54, 1.807) is 0 Å². The molecule has 0 heterocycles. The molecular weight excluding hydrogens is 240 g/mol. The second-order valence-electron chi connectivity index (χ2n) is 3.97. The monoisotopic (exact) mass is 262 g/mol. The topological polar surface area (TPSA) is 151 Å². The fourth-order valence-electron chi connectivity index (χ4n) is 1.22. The number of unbranched alkanes of at least 4 members (excludes halogenated alkanes) is 1. The van der Waals surface area contributed by atoms with E-state index in [2.05, 4.69) is 10.6 Å². The molecule has 106 valence electrons. The van der Waals surface area contributed by atoms with Crippen LogP contribution in [0.4, 0.5) is 4.79 Å². The predicted octanol–water partition coefficient (Wildman–Crippen LogP) is -2.38. The van der Waals surface area contributed by atoms with Crippen molar-refractivity contribution >= 4 is 11.9 Å². The number of hydrogen-bond acceptors (Lipinski definition) is 5. The molecule has 0 fully saturated rings. The largest absolute Gasteiger partial charge is 0.394 e. The van der Waals surface area contributed by atoms with Crippen LogP contribution in [0.2, 0.25) is 0 Å². The molecule has 0 saturated heterocycles. The number of amides is 3. The number of urea groups is 1. The number of hydrogen-bond donors (Lipinski definition) is 6. The molecule has 0 radical (unpaired) electrons. The van der Waals surface area contributed by atoms with Gasteiger partial charge in [-0.05, 0) is 19.3 Å². The van der Waals surface area contributed by atoms with Crippen molar-refractivity contribution < 1.29 is 19.8 Å². The number of rotatable bonds is 9. The Morgan fingerprint density at radius 1 is 1.17 bits per heavy atom. The summed E-state index contributed by atoms with van der Waals surface area (Å²) in [6.07, 6.45) is 1.82. The first-order valence-corrected chi connectivity index (χ1v) is 5.82. The van der Waals surface area contributed by atoms with Crippen molar-refractivity contribution in [3.63, 3.8) is 0 Å². The van der Waals surface area contributed by atoms with E-state index < -0.39 is 24.0 Å². The van der Waals surface area contributed by atoms with Crippen LogP contribution in [0.1, 0.15) is 19.3 Å². The highest BCUT2D eigenvalue weighted by molar-refractivity contribution is 5.79. The fraction of sp³-hybridized carbons (Fsp3) is 0.800. The molecule has 1 atom stereocenters. The minimum absolute atomic E-state index is 0.322. The lowest BCUT2D eigenvalue weighted by molar-refractivity contribution is -0.119. The normalized spacial score (nSPS) is 12.2. The SMILES string of the molecule is NC(=O)[C@H](N)CCCCNC(=O)NC(CO)CO. The zero-order chi connectivity index (χ0) is 14.0. The van der Waals surface area contributed by atoms with Gasteiger partial charge in [-0.3, -0.25) is 4.79 Å². The molecule has 0 unspecified atom stereocenters. The number of carbonyl (C=O) groups excluding carboxylic acids is 2. The van der Waals surface area contributed by atoms with Crippen LogP contribution in [0, 0.1) is 0 Å². The molecule has 8 heteroatoms. The van der Waals surface area contributed by atoms with Crippen molar-refractivity contribution in [3.8, 4) is 0 Å². The molecule has 0 spiro atoms. The van der Waals surface area contributed by atoms with E-state index in [0.717, 1.165) is 0 Å². The van der Waals surface area contributed by atoms with E-state index in [9.17, 15) is 9.59 Å². The Bertz CT molecular complexity index is 258. The van der Waals surface area contributed by atoms with Gasteiger partial charge in [-0.1, -0.05) is 0 Å². The van der Waals surface area contributed by atoms with Gasteiger partial charge in [0.05, 0.1) is 25.3 Å². The van der Waals surface area contributed by atoms with Crippen LogP contribution in [0.15, 0.2) is 0 Å². The van der Waals surface area contributed by atoms with E-state index in [1.165, 1.54) is 0 Å². The van der Waals surface area contributed by atoms with Crippen LogP contribution >= 0.6 is 0 Å². The molecule has 0 rings (SSSR count). The highest BCUT2D eigenvalue weighted by Gasteiger charge is 2.10. The van der Waals surface area contributed by atoms with E-state index in [0.29, 0.717) is 25.8 Å². The van der Waals surface area contributed by atoms with Crippen LogP contribution < -0.4 is 22.1 Å². The van der Waals surface area contributed by atoms with Gasteiger partial charge in [-0.25, -0.2) is 4.79 Å². The van der Waals surface area contributed by atoms with Gasteiger partial charge in [-0.15, -0.1) is 0 Å². The standard InChI is InChI=1S/C10H22N4O4/c11-8(9(12)17)3-1-2-4-13-10(18)14-7(5-15)6-16/h7-8,15-16H,1-6,11H2,(H2,12,17)(H2,13,14,18)/t8-/m1/s1. The summed E-state index contributed by atoms with van der Waals surface area (Å²) in [5.41, 5.74) is 10.4. The summed E-state index contributed by atoms with van der Waals surface area (Å²) in [4.78, 5) is 21.9. The molecule has 0 bridgehead atoms. The maximum atomic E-state index is 11.2. The summed E-state index contributed by atoms with van der Waals surface area (Å²) in [5, 5.41) is 22.4. The van der Waals surface area contributed by atoms with Crippen molar-refractivity contribution in [1.29, 1.82) is 0 Å². The third-order valence-electron chi connectivity index (χ3n) is 2.37. The summed E-state index contributed by atoms with van der Waals surface area (Å²) in [5.74, 6) is -0.533. The number of carbonyl (C=O) groups is 2. The summed E-state index contributed by atoms with van der Waals surface area (Å²) in [6.45, 7) is -0.227. The third kappa shape index (κ3) is 7.82. The molecule has 18 heavy (non-hydrogen) atoms. The van der Waals surface area contributed by atoms with Gasteiger partial charge in [0.1, 0.15) is 0 Å². The Balaban J connectivity index is 3.54. The van der Waals surface area contributed by atoms with Crippen molar-refractivity contribution in [2.24, 2.45) is 11.5 Å². The summed E-state index contributed by atoms with van der Waals surface area (Å²) in [7, 11) is 0. The Morgan fingerprint density at radius 3 is 2.28 bits per heavy atom. The van der Waals surface area contributed by atoms with E-state index in [-0.39, 0.29) is 13.2 Å². The zero-order valence-electron chi connectivity index (χ0n) is 10.3. The summed E-state index contributed by atoms with van der Waals surface area (Å²) in [6, 6.07) is -1.76. The molecular formula is C10H22N4O4. The van der Waals surface area contributed by atoms with Crippen molar-refractivity contribution in [1.82, 2.24) is 10.6 Å². The number of aliphatic hydroxyl groups excluding tert-OH is 2. The van der Waals surface area contributed by atoms with Crippen LogP contribution in [-0.4, -0.2) is 54.0 Å². The fourth-order valence-corrected chi connectivity index (χ4v) is 1.22. The summed E-state index contributed by atoms with van der Waals surface area (Å²) < 4.78 is 0. The predicted molar refractivity (Wildman–Crippen MR) is 65.5 cm³/mol. The van der Waals surface area contributed by atoms with Crippen LogP contribution in [-0.2, 0) is 4.79 Å². The van der Waals surface area contributed by atoms with E-state index in [1.807, 2.05) is 0 Å². The van der Waals surface area contributed by atoms with Crippen molar-refractivity contribution in [2.45, 2.75) is 31.3 Å². The number of primary amides is 1.